The van der Waals surface area contributed by atoms with Crippen molar-refractivity contribution in [1.29, 1.82) is 0 Å². The van der Waals surface area contributed by atoms with Crippen molar-refractivity contribution in [3.8, 4) is 5.75 Å². The molecule has 0 radical (unpaired) electrons. The van der Waals surface area contributed by atoms with E-state index >= 15 is 0 Å². The van der Waals surface area contributed by atoms with Gasteiger partial charge in [0.25, 0.3) is 10.0 Å². The molecule has 39 heavy (non-hydrogen) atoms. The van der Waals surface area contributed by atoms with Crippen molar-refractivity contribution in [2.24, 2.45) is 0 Å². The summed E-state index contributed by atoms with van der Waals surface area (Å²) in [5, 5.41) is 3.63. The summed E-state index contributed by atoms with van der Waals surface area (Å²) in [6.07, 6.45) is 0. The van der Waals surface area contributed by atoms with Crippen LogP contribution in [0.25, 0.3) is 0 Å². The van der Waals surface area contributed by atoms with E-state index in [1.54, 1.807) is 69.3 Å². The second-order valence-corrected chi connectivity index (χ2v) is 11.3. The summed E-state index contributed by atoms with van der Waals surface area (Å²) >= 11 is 12.0. The van der Waals surface area contributed by atoms with Gasteiger partial charge in [0.15, 0.2) is 0 Å². The van der Waals surface area contributed by atoms with Crippen LogP contribution in [0.5, 0.6) is 5.75 Å². The molecular formula is C28H31Cl2N3O5S. The number of para-hydroxylation sites is 2. The Balaban J connectivity index is 2.07. The van der Waals surface area contributed by atoms with Crippen LogP contribution in [0.15, 0.2) is 77.7 Å². The molecule has 0 aromatic heterocycles. The van der Waals surface area contributed by atoms with Gasteiger partial charge in [-0.3, -0.25) is 13.9 Å². The molecule has 2 amide bonds. The number of nitrogens with one attached hydrogen (secondary N) is 1. The largest absolute Gasteiger partial charge is 0.492 e. The lowest BCUT2D eigenvalue weighted by Gasteiger charge is -2.32. The number of carbonyl (C=O) groups excluding carboxylic acids is 2. The molecule has 0 aliphatic carbocycles. The van der Waals surface area contributed by atoms with Gasteiger partial charge < -0.3 is 15.0 Å². The SMILES string of the molecule is CCNC(=O)C(C)N(Cc1ccc(Cl)cc1)C(=O)CN(c1ccccc1OCC)S(=O)(=O)c1ccc(Cl)cc1. The number of halogens is 2. The molecule has 208 valence electrons. The normalized spacial score (nSPS) is 11.9. The van der Waals surface area contributed by atoms with Crippen molar-refractivity contribution in [2.75, 3.05) is 24.0 Å². The Hall–Kier alpha value is -3.27. The molecule has 0 heterocycles. The first-order valence-corrected chi connectivity index (χ1v) is 14.6. The van der Waals surface area contributed by atoms with E-state index in [0.29, 0.717) is 22.3 Å². The smallest absolute Gasteiger partial charge is 0.264 e. The van der Waals surface area contributed by atoms with Crippen molar-refractivity contribution in [1.82, 2.24) is 10.2 Å². The summed E-state index contributed by atoms with van der Waals surface area (Å²) in [5.74, 6) is -0.638. The highest BCUT2D eigenvalue weighted by Crippen LogP contribution is 2.33. The molecule has 0 saturated heterocycles. The average Bonchev–Trinajstić information content (AvgIpc) is 2.92. The van der Waals surface area contributed by atoms with E-state index in [0.717, 1.165) is 9.87 Å². The summed E-state index contributed by atoms with van der Waals surface area (Å²) in [6.45, 7) is 5.32. The summed E-state index contributed by atoms with van der Waals surface area (Å²) in [6, 6.07) is 18.3. The Morgan fingerprint density at radius 3 is 2.10 bits per heavy atom. The fourth-order valence-electron chi connectivity index (χ4n) is 3.88. The second kappa shape index (κ2) is 13.7. The summed E-state index contributed by atoms with van der Waals surface area (Å²) in [5.41, 5.74) is 0.922. The molecule has 0 aliphatic heterocycles. The third-order valence-electron chi connectivity index (χ3n) is 5.90. The monoisotopic (exact) mass is 591 g/mol. The molecule has 0 aliphatic rings. The predicted molar refractivity (Wildman–Crippen MR) is 154 cm³/mol. The molecule has 3 aromatic rings. The highest BCUT2D eigenvalue weighted by molar-refractivity contribution is 7.92. The van der Waals surface area contributed by atoms with Crippen molar-refractivity contribution in [3.05, 3.63) is 88.4 Å². The predicted octanol–water partition coefficient (Wildman–Crippen LogP) is 5.14. The van der Waals surface area contributed by atoms with Gasteiger partial charge >= 0.3 is 0 Å². The van der Waals surface area contributed by atoms with Gasteiger partial charge in [0.1, 0.15) is 18.3 Å². The third-order valence-corrected chi connectivity index (χ3v) is 8.18. The number of benzene rings is 3. The Labute approximate surface area is 239 Å². The lowest BCUT2D eigenvalue weighted by atomic mass is 10.1. The molecule has 3 rings (SSSR count). The lowest BCUT2D eigenvalue weighted by molar-refractivity contribution is -0.139. The number of likely N-dealkylation sites (N-methyl/N-ethyl adjacent to an activating group) is 1. The van der Waals surface area contributed by atoms with E-state index in [1.807, 2.05) is 0 Å². The molecule has 8 nitrogen and oxygen atoms in total. The number of hydrogen-bond donors (Lipinski definition) is 1. The quantitative estimate of drug-likeness (QED) is 0.314. The molecule has 3 aromatic carbocycles. The minimum absolute atomic E-state index is 0.0490. The van der Waals surface area contributed by atoms with Crippen molar-refractivity contribution in [2.45, 2.75) is 38.3 Å². The zero-order valence-electron chi connectivity index (χ0n) is 21.9. The second-order valence-electron chi connectivity index (χ2n) is 8.58. The van der Waals surface area contributed by atoms with Gasteiger partial charge in [-0.15, -0.1) is 0 Å². The number of carbonyl (C=O) groups is 2. The Bertz CT molecular complexity index is 1380. The first-order valence-electron chi connectivity index (χ1n) is 12.4. The zero-order valence-corrected chi connectivity index (χ0v) is 24.3. The first kappa shape index (κ1) is 30.3. The van der Waals surface area contributed by atoms with Crippen molar-refractivity contribution in [3.63, 3.8) is 0 Å². The van der Waals surface area contributed by atoms with Gasteiger partial charge in [-0.2, -0.15) is 0 Å². The van der Waals surface area contributed by atoms with Gasteiger partial charge in [0.2, 0.25) is 11.8 Å². The van der Waals surface area contributed by atoms with Crippen LogP contribution in [0, 0.1) is 0 Å². The molecule has 0 saturated carbocycles. The van der Waals surface area contributed by atoms with Crippen LogP contribution in [-0.4, -0.2) is 50.9 Å². The van der Waals surface area contributed by atoms with E-state index in [9.17, 15) is 18.0 Å². The van der Waals surface area contributed by atoms with Crippen molar-refractivity contribution < 1.29 is 22.7 Å². The number of nitrogens with zero attached hydrogens (tertiary/aromatic N) is 2. The van der Waals surface area contributed by atoms with Gasteiger partial charge in [0, 0.05) is 23.1 Å². The summed E-state index contributed by atoms with van der Waals surface area (Å²) in [7, 11) is -4.25. The van der Waals surface area contributed by atoms with E-state index < -0.39 is 28.5 Å². The number of sulfonamides is 1. The minimum Gasteiger partial charge on any atom is -0.492 e. The van der Waals surface area contributed by atoms with Crippen LogP contribution in [-0.2, 0) is 26.2 Å². The third kappa shape index (κ3) is 7.65. The topological polar surface area (TPSA) is 96.0 Å². The number of amides is 2. The summed E-state index contributed by atoms with van der Waals surface area (Å²) < 4.78 is 34.6. The minimum atomic E-state index is -4.25. The summed E-state index contributed by atoms with van der Waals surface area (Å²) in [4.78, 5) is 28.0. The Kier molecular flexibility index (Phi) is 10.6. The van der Waals surface area contributed by atoms with E-state index in [2.05, 4.69) is 5.32 Å². The van der Waals surface area contributed by atoms with Crippen LogP contribution in [0.2, 0.25) is 10.0 Å². The van der Waals surface area contributed by atoms with Gasteiger partial charge in [-0.05, 0) is 74.9 Å². The van der Waals surface area contributed by atoms with Crippen LogP contribution in [0.4, 0.5) is 5.69 Å². The molecule has 1 N–H and O–H groups in total. The molecule has 11 heteroatoms. The maximum atomic E-state index is 13.9. The number of anilines is 1. The zero-order chi connectivity index (χ0) is 28.6. The van der Waals surface area contributed by atoms with Gasteiger partial charge in [0.05, 0.1) is 17.2 Å². The number of hydrogen-bond acceptors (Lipinski definition) is 5. The number of ether oxygens (including phenoxy) is 1. The maximum absolute atomic E-state index is 13.9. The fourth-order valence-corrected chi connectivity index (χ4v) is 5.56. The Morgan fingerprint density at radius 1 is 0.923 bits per heavy atom. The average molecular weight is 593 g/mol. The van der Waals surface area contributed by atoms with Crippen LogP contribution >= 0.6 is 23.2 Å². The molecule has 1 atom stereocenters. The highest BCUT2D eigenvalue weighted by Gasteiger charge is 2.33. The maximum Gasteiger partial charge on any atom is 0.264 e. The number of rotatable bonds is 12. The fraction of sp³-hybridized carbons (Fsp3) is 0.286. The first-order chi connectivity index (χ1) is 18.6. The molecular weight excluding hydrogens is 561 g/mol. The highest BCUT2D eigenvalue weighted by atomic mass is 35.5. The molecule has 0 fully saturated rings. The van der Waals surface area contributed by atoms with Crippen LogP contribution < -0.4 is 14.4 Å². The van der Waals surface area contributed by atoms with E-state index in [-0.39, 0.29) is 29.6 Å². The van der Waals surface area contributed by atoms with Crippen molar-refractivity contribution >= 4 is 50.7 Å². The van der Waals surface area contributed by atoms with Crippen LogP contribution in [0.1, 0.15) is 26.3 Å². The molecule has 0 spiro atoms. The standard InChI is InChI=1S/C28H31Cl2N3O5S/c1-4-31-28(35)20(3)32(18-21-10-12-22(29)13-11-21)27(34)19-33(25-8-6-7-9-26(25)38-5-2)39(36,37)24-16-14-23(30)15-17-24/h6-17,20H,4-5,18-19H2,1-3H3,(H,31,35). The van der Waals surface area contributed by atoms with Gasteiger partial charge in [-0.25, -0.2) is 8.42 Å². The van der Waals surface area contributed by atoms with E-state index in [4.69, 9.17) is 27.9 Å². The van der Waals surface area contributed by atoms with E-state index in [1.165, 1.54) is 29.2 Å². The van der Waals surface area contributed by atoms with Crippen LogP contribution in [0.3, 0.4) is 0 Å². The van der Waals surface area contributed by atoms with Gasteiger partial charge in [-0.1, -0.05) is 47.5 Å². The Morgan fingerprint density at radius 2 is 1.51 bits per heavy atom. The molecule has 0 bridgehead atoms. The lowest BCUT2D eigenvalue weighted by Crippen LogP contribution is -2.51. The molecule has 1 unspecified atom stereocenters.